The van der Waals surface area contributed by atoms with Gasteiger partial charge in [0.2, 0.25) is 0 Å². The Labute approximate surface area is 318 Å². The van der Waals surface area contributed by atoms with Crippen LogP contribution in [0.2, 0.25) is 0 Å². The van der Waals surface area contributed by atoms with Crippen molar-refractivity contribution >= 4 is 141 Å². The van der Waals surface area contributed by atoms with Crippen molar-refractivity contribution in [3.63, 3.8) is 0 Å². The van der Waals surface area contributed by atoms with Crippen molar-refractivity contribution in [3.05, 3.63) is 166 Å². The van der Waals surface area contributed by atoms with E-state index in [1.165, 1.54) is 104 Å². The molecular formula is C48H32S4. The van der Waals surface area contributed by atoms with Gasteiger partial charge in [-0.05, 0) is 71.5 Å². The lowest BCUT2D eigenvalue weighted by atomic mass is 10.1. The van der Waals surface area contributed by atoms with Crippen LogP contribution < -0.4 is 0 Å². The van der Waals surface area contributed by atoms with Gasteiger partial charge in [-0.25, -0.2) is 0 Å². The standard InChI is InChI=1S/C48H32S4/c1-29-3-7-31(8-4-29)11-13-33-17-21-37-41(25-33)49-47-39-23-19-35(27-43(39)51-45(37)47)15-16-36-20-24-40-44(28-36)52-46-38-22-18-34(26-42(38)50-48(40)46)14-12-32-9-5-30(2)6-10-32/h3-28H,1-2H3/b13-11+,14-12+,16-15+. The molecule has 0 spiro atoms. The Bertz CT molecular complexity index is 2850. The molecule has 0 amide bonds. The molecule has 10 rings (SSSR count). The third-order valence-electron chi connectivity index (χ3n) is 9.82. The molecule has 0 aliphatic carbocycles. The molecular weight excluding hydrogens is 705 g/mol. The summed E-state index contributed by atoms with van der Waals surface area (Å²) >= 11 is 7.67. The highest BCUT2D eigenvalue weighted by Gasteiger charge is 2.14. The van der Waals surface area contributed by atoms with Gasteiger partial charge in [0.25, 0.3) is 0 Å². The van der Waals surface area contributed by atoms with Crippen LogP contribution in [-0.4, -0.2) is 0 Å². The predicted octanol–water partition coefficient (Wildman–Crippen LogP) is 16.0. The van der Waals surface area contributed by atoms with Crippen LogP contribution in [0, 0.1) is 13.8 Å². The van der Waals surface area contributed by atoms with Crippen molar-refractivity contribution in [1.82, 2.24) is 0 Å². The minimum absolute atomic E-state index is 1.23. The normalized spacial score (nSPS) is 12.6. The highest BCUT2D eigenvalue weighted by Crippen LogP contribution is 2.46. The van der Waals surface area contributed by atoms with E-state index in [0.29, 0.717) is 0 Å². The molecule has 0 N–H and O–H groups in total. The smallest absolute Gasteiger partial charge is 0.0542 e. The van der Waals surface area contributed by atoms with Gasteiger partial charge in [-0.15, -0.1) is 45.3 Å². The largest absolute Gasteiger partial charge is 0.134 e. The molecule has 6 aromatic carbocycles. The van der Waals surface area contributed by atoms with Gasteiger partial charge in [-0.1, -0.05) is 145 Å². The molecule has 0 saturated heterocycles. The van der Waals surface area contributed by atoms with E-state index in [0.717, 1.165) is 0 Å². The zero-order chi connectivity index (χ0) is 34.8. The molecule has 4 heteroatoms. The molecule has 0 unspecified atom stereocenters. The van der Waals surface area contributed by atoms with E-state index in [4.69, 9.17) is 0 Å². The SMILES string of the molecule is Cc1ccc(/C=C/c2ccc3c(c2)sc2c4ccc(/C=C/c5ccc6c(c5)sc5c7ccc(/C=C/c8ccc(C)cc8)cc7sc65)cc4sc32)cc1. The number of rotatable bonds is 6. The molecule has 0 radical (unpaired) electrons. The molecule has 4 heterocycles. The van der Waals surface area contributed by atoms with Crippen LogP contribution in [0.15, 0.2) is 121 Å². The van der Waals surface area contributed by atoms with Crippen LogP contribution >= 0.6 is 45.3 Å². The third kappa shape index (κ3) is 5.82. The van der Waals surface area contributed by atoms with Crippen LogP contribution in [-0.2, 0) is 0 Å². The number of benzene rings is 6. The zero-order valence-corrected chi connectivity index (χ0v) is 31.9. The van der Waals surface area contributed by atoms with Crippen LogP contribution in [0.25, 0.3) is 95.6 Å². The van der Waals surface area contributed by atoms with Crippen LogP contribution in [0.4, 0.5) is 0 Å². The Morgan fingerprint density at radius 2 is 0.519 bits per heavy atom. The maximum absolute atomic E-state index is 2.35. The van der Waals surface area contributed by atoms with Gasteiger partial charge in [0.05, 0.1) is 18.8 Å². The van der Waals surface area contributed by atoms with Crippen molar-refractivity contribution in [3.8, 4) is 0 Å². The Morgan fingerprint density at radius 1 is 0.288 bits per heavy atom. The second kappa shape index (κ2) is 12.8. The Morgan fingerprint density at radius 3 is 0.788 bits per heavy atom. The molecule has 0 bridgehead atoms. The molecule has 0 aliphatic heterocycles. The van der Waals surface area contributed by atoms with Crippen molar-refractivity contribution < 1.29 is 0 Å². The minimum atomic E-state index is 1.23. The summed E-state index contributed by atoms with van der Waals surface area (Å²) in [6.45, 7) is 4.25. The summed E-state index contributed by atoms with van der Waals surface area (Å²) in [6, 6.07) is 45.0. The van der Waals surface area contributed by atoms with Gasteiger partial charge in [-0.2, -0.15) is 0 Å². The second-order valence-corrected chi connectivity index (χ2v) is 17.8. The average molecular weight is 737 g/mol. The van der Waals surface area contributed by atoms with Gasteiger partial charge in [0.15, 0.2) is 0 Å². The summed E-state index contributed by atoms with van der Waals surface area (Å²) in [5.41, 5.74) is 9.98. The number of hydrogen-bond acceptors (Lipinski definition) is 4. The first-order valence-corrected chi connectivity index (χ1v) is 20.7. The van der Waals surface area contributed by atoms with E-state index >= 15 is 0 Å². The van der Waals surface area contributed by atoms with Crippen molar-refractivity contribution in [2.45, 2.75) is 13.8 Å². The molecule has 0 atom stereocenters. The third-order valence-corrected chi connectivity index (χ3v) is 14.8. The molecule has 0 nitrogen and oxygen atoms in total. The molecule has 0 fully saturated rings. The van der Waals surface area contributed by atoms with Gasteiger partial charge >= 0.3 is 0 Å². The fourth-order valence-electron chi connectivity index (χ4n) is 6.93. The topological polar surface area (TPSA) is 0 Å². The summed E-state index contributed by atoms with van der Waals surface area (Å²) in [5, 5.41) is 5.44. The molecule has 0 aliphatic rings. The van der Waals surface area contributed by atoms with Crippen molar-refractivity contribution in [2.24, 2.45) is 0 Å². The quantitative estimate of drug-likeness (QED) is 0.149. The summed E-state index contributed by atoms with van der Waals surface area (Å²) in [6.07, 6.45) is 13.4. The fraction of sp³-hybridized carbons (Fsp3) is 0.0417. The summed E-state index contributed by atoms with van der Waals surface area (Å²) < 4.78 is 11.0. The van der Waals surface area contributed by atoms with Gasteiger partial charge in [-0.3, -0.25) is 0 Å². The predicted molar refractivity (Wildman–Crippen MR) is 239 cm³/mol. The lowest BCUT2D eigenvalue weighted by Gasteiger charge is -1.98. The minimum Gasteiger partial charge on any atom is -0.134 e. The molecule has 52 heavy (non-hydrogen) atoms. The number of aryl methyl sites for hydroxylation is 2. The number of thiophene rings is 4. The maximum Gasteiger partial charge on any atom is 0.0542 e. The number of hydrogen-bond donors (Lipinski definition) is 0. The summed E-state index contributed by atoms with van der Waals surface area (Å²) in [5.74, 6) is 0. The number of fused-ring (bicyclic) bond motifs is 10. The van der Waals surface area contributed by atoms with Crippen molar-refractivity contribution in [1.29, 1.82) is 0 Å². The first-order valence-electron chi connectivity index (χ1n) is 17.5. The zero-order valence-electron chi connectivity index (χ0n) is 28.6. The van der Waals surface area contributed by atoms with E-state index in [1.54, 1.807) is 0 Å². The van der Waals surface area contributed by atoms with E-state index in [-0.39, 0.29) is 0 Å². The Hall–Kier alpha value is -5.10. The van der Waals surface area contributed by atoms with Crippen molar-refractivity contribution in [2.75, 3.05) is 0 Å². The van der Waals surface area contributed by atoms with E-state index in [1.807, 2.05) is 45.3 Å². The Kier molecular flexibility index (Phi) is 7.81. The van der Waals surface area contributed by atoms with E-state index in [2.05, 4.69) is 172 Å². The fourth-order valence-corrected chi connectivity index (χ4v) is 12.4. The summed E-state index contributed by atoms with van der Waals surface area (Å²) in [4.78, 5) is 0. The van der Waals surface area contributed by atoms with Crippen LogP contribution in [0.1, 0.15) is 44.5 Å². The second-order valence-electron chi connectivity index (χ2n) is 13.6. The van der Waals surface area contributed by atoms with E-state index < -0.39 is 0 Å². The van der Waals surface area contributed by atoms with Gasteiger partial charge in [0, 0.05) is 40.3 Å². The van der Waals surface area contributed by atoms with Crippen LogP contribution in [0.3, 0.4) is 0 Å². The maximum atomic E-state index is 2.35. The first kappa shape index (κ1) is 31.6. The lowest BCUT2D eigenvalue weighted by molar-refractivity contribution is 1.46. The molecule has 0 saturated carbocycles. The molecule has 248 valence electrons. The van der Waals surface area contributed by atoms with Gasteiger partial charge < -0.3 is 0 Å². The highest BCUT2D eigenvalue weighted by atomic mass is 32.1. The Balaban J connectivity index is 0.894. The average Bonchev–Trinajstić information content (AvgIpc) is 3.90. The molecule has 4 aromatic heterocycles. The van der Waals surface area contributed by atoms with Gasteiger partial charge in [0.1, 0.15) is 0 Å². The summed E-state index contributed by atoms with van der Waals surface area (Å²) in [7, 11) is 0. The molecule has 10 aromatic rings. The van der Waals surface area contributed by atoms with Crippen LogP contribution in [0.5, 0.6) is 0 Å². The van der Waals surface area contributed by atoms with E-state index in [9.17, 15) is 0 Å². The monoisotopic (exact) mass is 736 g/mol. The lowest BCUT2D eigenvalue weighted by Crippen LogP contribution is -1.74. The highest BCUT2D eigenvalue weighted by molar-refractivity contribution is 7.37. The first-order chi connectivity index (χ1) is 25.5.